The monoisotopic (exact) mass is 440 g/mol. The lowest BCUT2D eigenvalue weighted by molar-refractivity contribution is -0.274. The van der Waals surface area contributed by atoms with E-state index in [0.717, 1.165) is 27.8 Å². The van der Waals surface area contributed by atoms with Crippen molar-refractivity contribution in [2.24, 2.45) is 5.92 Å². The van der Waals surface area contributed by atoms with Crippen LogP contribution in [0.2, 0.25) is 0 Å². The summed E-state index contributed by atoms with van der Waals surface area (Å²) in [5.74, 6) is 1.38. The van der Waals surface area contributed by atoms with Crippen molar-refractivity contribution in [2.75, 3.05) is 0 Å². The van der Waals surface area contributed by atoms with Crippen molar-refractivity contribution < 1.29 is 17.9 Å². The molecule has 1 fully saturated rings. The van der Waals surface area contributed by atoms with Crippen LogP contribution in [-0.2, 0) is 0 Å². The summed E-state index contributed by atoms with van der Waals surface area (Å²) in [6.07, 6.45) is 6.02. The van der Waals surface area contributed by atoms with E-state index in [2.05, 4.69) is 35.9 Å². The van der Waals surface area contributed by atoms with E-state index in [4.69, 9.17) is 0 Å². The zero-order valence-corrected chi connectivity index (χ0v) is 18.6. The molecule has 1 aliphatic carbocycles. The van der Waals surface area contributed by atoms with E-state index in [9.17, 15) is 13.2 Å². The van der Waals surface area contributed by atoms with Crippen molar-refractivity contribution in [1.29, 1.82) is 0 Å². The minimum absolute atomic E-state index is 0.192. The zero-order valence-electron chi connectivity index (χ0n) is 18.6. The number of alkyl halides is 3. The van der Waals surface area contributed by atoms with E-state index in [1.807, 2.05) is 18.2 Å². The molecule has 0 N–H and O–H groups in total. The highest BCUT2D eigenvalue weighted by Gasteiger charge is 2.31. The summed E-state index contributed by atoms with van der Waals surface area (Å²) in [5, 5.41) is 1.62. The normalized spacial score (nSPS) is 19.2. The Labute approximate surface area is 188 Å². The Balaban J connectivity index is 1.41. The third-order valence-corrected chi connectivity index (χ3v) is 6.82. The molecule has 0 radical (unpaired) electrons. The van der Waals surface area contributed by atoms with Crippen LogP contribution < -0.4 is 4.74 Å². The van der Waals surface area contributed by atoms with Crippen molar-refractivity contribution in [3.8, 4) is 16.9 Å². The maximum Gasteiger partial charge on any atom is 0.573 e. The highest BCUT2D eigenvalue weighted by atomic mass is 19.4. The smallest absolute Gasteiger partial charge is 0.406 e. The second kappa shape index (κ2) is 9.97. The molecule has 0 amide bonds. The molecule has 32 heavy (non-hydrogen) atoms. The molecule has 170 valence electrons. The molecule has 4 rings (SSSR count). The molecule has 0 saturated heterocycles. The fraction of sp³-hybridized carbons (Fsp3) is 0.429. The first kappa shape index (κ1) is 22.7. The minimum Gasteiger partial charge on any atom is -0.406 e. The SMILES string of the molecule is CCCCCC1CCC(c2ccc(-c3ccc4cc(OC(F)(F)F)ccc4c3)cc2)CC1. The lowest BCUT2D eigenvalue weighted by atomic mass is 9.77. The molecule has 0 spiro atoms. The van der Waals surface area contributed by atoms with Crippen LogP contribution in [0.1, 0.15) is 69.8 Å². The lowest BCUT2D eigenvalue weighted by Crippen LogP contribution is -2.16. The summed E-state index contributed by atoms with van der Waals surface area (Å²) in [6, 6.07) is 19.1. The first-order valence-corrected chi connectivity index (χ1v) is 11.8. The number of halogens is 3. The third kappa shape index (κ3) is 5.85. The molecule has 3 aromatic carbocycles. The van der Waals surface area contributed by atoms with E-state index < -0.39 is 6.36 Å². The van der Waals surface area contributed by atoms with Gasteiger partial charge in [0.05, 0.1) is 0 Å². The Morgan fingerprint density at radius 2 is 1.44 bits per heavy atom. The van der Waals surface area contributed by atoms with E-state index in [-0.39, 0.29) is 5.75 Å². The fourth-order valence-electron chi connectivity index (χ4n) is 5.02. The fourth-order valence-corrected chi connectivity index (χ4v) is 5.02. The molecule has 3 aromatic rings. The minimum atomic E-state index is -4.68. The molecule has 0 bridgehead atoms. The first-order valence-electron chi connectivity index (χ1n) is 11.8. The van der Waals surface area contributed by atoms with Crippen LogP contribution >= 0.6 is 0 Å². The molecule has 0 aliphatic heterocycles. The lowest BCUT2D eigenvalue weighted by Gasteiger charge is -2.29. The Hall–Kier alpha value is -2.49. The van der Waals surface area contributed by atoms with Crippen LogP contribution in [-0.4, -0.2) is 6.36 Å². The van der Waals surface area contributed by atoms with Gasteiger partial charge in [-0.05, 0) is 83.2 Å². The van der Waals surface area contributed by atoms with Crippen LogP contribution in [0.15, 0.2) is 60.7 Å². The van der Waals surface area contributed by atoms with E-state index in [0.29, 0.717) is 5.92 Å². The van der Waals surface area contributed by atoms with Crippen molar-refractivity contribution in [1.82, 2.24) is 0 Å². The summed E-state index contributed by atoms with van der Waals surface area (Å²) < 4.78 is 41.4. The van der Waals surface area contributed by atoms with Gasteiger partial charge in [-0.3, -0.25) is 0 Å². The van der Waals surface area contributed by atoms with Gasteiger partial charge in [-0.1, -0.05) is 75.1 Å². The predicted octanol–water partition coefficient (Wildman–Crippen LogP) is 9.26. The van der Waals surface area contributed by atoms with Crippen molar-refractivity contribution in [3.05, 3.63) is 66.2 Å². The highest BCUT2D eigenvalue weighted by Crippen LogP contribution is 2.38. The molecule has 0 atom stereocenters. The Bertz CT molecular complexity index is 1020. The standard InChI is InChI=1S/C28H31F3O/c1-2-3-4-5-20-6-8-21(9-7-20)22-10-12-23(13-11-22)24-14-15-26-19-27(32-28(29,30)31)17-16-25(26)18-24/h10-21H,2-9H2,1H3. The number of hydrogen-bond donors (Lipinski definition) is 0. The van der Waals surface area contributed by atoms with Crippen LogP contribution in [0.3, 0.4) is 0 Å². The summed E-state index contributed by atoms with van der Waals surface area (Å²) in [5.41, 5.74) is 3.61. The van der Waals surface area contributed by atoms with E-state index in [1.165, 1.54) is 69.1 Å². The number of hydrogen-bond acceptors (Lipinski definition) is 1. The van der Waals surface area contributed by atoms with Gasteiger partial charge in [-0.15, -0.1) is 13.2 Å². The first-order chi connectivity index (χ1) is 15.4. The van der Waals surface area contributed by atoms with Crippen LogP contribution in [0.5, 0.6) is 5.75 Å². The summed E-state index contributed by atoms with van der Waals surface area (Å²) in [6.45, 7) is 2.27. The van der Waals surface area contributed by atoms with E-state index in [1.54, 1.807) is 6.07 Å². The molecular weight excluding hydrogens is 409 g/mol. The number of fused-ring (bicyclic) bond motifs is 1. The highest BCUT2D eigenvalue weighted by molar-refractivity contribution is 5.88. The largest absolute Gasteiger partial charge is 0.573 e. The molecule has 0 heterocycles. The van der Waals surface area contributed by atoms with E-state index >= 15 is 0 Å². The second-order valence-electron chi connectivity index (χ2n) is 9.11. The maximum absolute atomic E-state index is 12.5. The predicted molar refractivity (Wildman–Crippen MR) is 125 cm³/mol. The number of benzene rings is 3. The summed E-state index contributed by atoms with van der Waals surface area (Å²) >= 11 is 0. The van der Waals surface area contributed by atoms with Crippen LogP contribution in [0, 0.1) is 5.92 Å². The van der Waals surface area contributed by atoms with Gasteiger partial charge < -0.3 is 4.74 Å². The summed E-state index contributed by atoms with van der Waals surface area (Å²) in [4.78, 5) is 0. The Morgan fingerprint density at radius 1 is 0.781 bits per heavy atom. The average molecular weight is 441 g/mol. The molecule has 1 saturated carbocycles. The molecule has 1 aliphatic rings. The number of rotatable bonds is 7. The van der Waals surface area contributed by atoms with Crippen molar-refractivity contribution in [3.63, 3.8) is 0 Å². The zero-order chi connectivity index (χ0) is 22.6. The van der Waals surface area contributed by atoms with Gasteiger partial charge in [-0.25, -0.2) is 0 Å². The third-order valence-electron chi connectivity index (χ3n) is 6.82. The van der Waals surface area contributed by atoms with Gasteiger partial charge in [-0.2, -0.15) is 0 Å². The number of ether oxygens (including phenoxy) is 1. The Morgan fingerprint density at radius 3 is 2.12 bits per heavy atom. The molecule has 4 heteroatoms. The van der Waals surface area contributed by atoms with Gasteiger partial charge in [0.25, 0.3) is 0 Å². The van der Waals surface area contributed by atoms with Gasteiger partial charge in [0, 0.05) is 0 Å². The van der Waals surface area contributed by atoms with Crippen molar-refractivity contribution >= 4 is 10.8 Å². The van der Waals surface area contributed by atoms with Gasteiger partial charge in [0.1, 0.15) is 5.75 Å². The molecule has 0 aromatic heterocycles. The maximum atomic E-state index is 12.5. The Kier molecular flexibility index (Phi) is 7.07. The molecular formula is C28H31F3O. The van der Waals surface area contributed by atoms with Gasteiger partial charge >= 0.3 is 6.36 Å². The quantitative estimate of drug-likeness (QED) is 0.333. The van der Waals surface area contributed by atoms with Crippen molar-refractivity contribution in [2.45, 2.75) is 70.6 Å². The molecule has 0 unspecified atom stereocenters. The van der Waals surface area contributed by atoms with Gasteiger partial charge in [0.15, 0.2) is 0 Å². The van der Waals surface area contributed by atoms with Crippen LogP contribution in [0.4, 0.5) is 13.2 Å². The summed E-state index contributed by atoms with van der Waals surface area (Å²) in [7, 11) is 0. The van der Waals surface area contributed by atoms with Crippen LogP contribution in [0.25, 0.3) is 21.9 Å². The molecule has 1 nitrogen and oxygen atoms in total. The average Bonchev–Trinajstić information content (AvgIpc) is 2.78. The van der Waals surface area contributed by atoms with Gasteiger partial charge in [0.2, 0.25) is 0 Å². The topological polar surface area (TPSA) is 9.23 Å². The number of unbranched alkanes of at least 4 members (excludes halogenated alkanes) is 2. The second-order valence-corrected chi connectivity index (χ2v) is 9.11.